The summed E-state index contributed by atoms with van der Waals surface area (Å²) in [5.41, 5.74) is 0.797. The standard InChI is InChI=1S/C30H40FN7O7S/c1-20(39)32-17-22-18-37(29(41)44-22)21-5-6-25(24(31)15-21)34-9-7-33(8-10-34)19-23-16-26(27(46-23)38(42)43)35-11-13-36(14-12-35)28(40)45-30(2,3)4/h5-6,15-16,22H,7-14,17-19H2,1-4H3,(H,32,39)/t22-/m0/s1. The Labute approximate surface area is 270 Å². The smallest absolute Gasteiger partial charge is 0.414 e. The van der Waals surface area contributed by atoms with Gasteiger partial charge in [-0.1, -0.05) is 11.3 Å². The predicted octanol–water partition coefficient (Wildman–Crippen LogP) is 3.64. The summed E-state index contributed by atoms with van der Waals surface area (Å²) in [4.78, 5) is 57.5. The molecule has 0 radical (unpaired) electrons. The highest BCUT2D eigenvalue weighted by Crippen LogP contribution is 2.39. The van der Waals surface area contributed by atoms with Crippen molar-refractivity contribution in [2.45, 2.75) is 45.9 Å². The number of anilines is 3. The van der Waals surface area contributed by atoms with Gasteiger partial charge in [0.2, 0.25) is 5.91 Å². The second-order valence-electron chi connectivity index (χ2n) is 12.6. The lowest BCUT2D eigenvalue weighted by Gasteiger charge is -2.36. The second-order valence-corrected chi connectivity index (χ2v) is 13.7. The summed E-state index contributed by atoms with van der Waals surface area (Å²) < 4.78 is 26.0. The van der Waals surface area contributed by atoms with E-state index in [1.165, 1.54) is 17.9 Å². The van der Waals surface area contributed by atoms with Crippen LogP contribution in [0.5, 0.6) is 0 Å². The van der Waals surface area contributed by atoms with Crippen LogP contribution in [0, 0.1) is 15.9 Å². The minimum Gasteiger partial charge on any atom is -0.444 e. The molecule has 3 amide bonds. The molecule has 250 valence electrons. The number of nitrogens with zero attached hydrogens (tertiary/aromatic N) is 6. The molecule has 1 N–H and O–H groups in total. The van der Waals surface area contributed by atoms with E-state index in [-0.39, 0.29) is 35.0 Å². The normalized spacial score (nSPS) is 19.3. The maximum absolute atomic E-state index is 15.3. The molecule has 3 saturated heterocycles. The Kier molecular flexibility index (Phi) is 9.86. The third-order valence-electron chi connectivity index (χ3n) is 7.97. The van der Waals surface area contributed by atoms with Crippen LogP contribution < -0.4 is 20.0 Å². The van der Waals surface area contributed by atoms with Gasteiger partial charge in [0.15, 0.2) is 0 Å². The van der Waals surface area contributed by atoms with Crippen LogP contribution in [0.1, 0.15) is 32.6 Å². The van der Waals surface area contributed by atoms with E-state index in [9.17, 15) is 24.5 Å². The highest BCUT2D eigenvalue weighted by molar-refractivity contribution is 7.16. The number of piperazine rings is 2. The van der Waals surface area contributed by atoms with E-state index in [0.29, 0.717) is 76.0 Å². The summed E-state index contributed by atoms with van der Waals surface area (Å²) in [5.74, 6) is -0.673. The Balaban J connectivity index is 1.15. The lowest BCUT2D eigenvalue weighted by atomic mass is 10.2. The van der Waals surface area contributed by atoms with Gasteiger partial charge in [-0.2, -0.15) is 0 Å². The molecule has 0 saturated carbocycles. The van der Waals surface area contributed by atoms with Crippen LogP contribution in [0.4, 0.5) is 36.0 Å². The molecule has 3 aliphatic rings. The molecule has 2 aromatic rings. The SMILES string of the molecule is CC(=O)NC[C@H]1CN(c2ccc(N3CCN(Cc4cc(N5CCN(C(=O)OC(C)(C)C)CC5)c([N+](=O)[O-])s4)CC3)c(F)c2)C(=O)O1. The van der Waals surface area contributed by atoms with Crippen molar-refractivity contribution in [1.29, 1.82) is 0 Å². The van der Waals surface area contributed by atoms with Gasteiger partial charge in [-0.3, -0.25) is 24.7 Å². The van der Waals surface area contributed by atoms with E-state index in [4.69, 9.17) is 9.47 Å². The second kappa shape index (κ2) is 13.7. The van der Waals surface area contributed by atoms with Crippen LogP contribution in [-0.2, 0) is 20.8 Å². The van der Waals surface area contributed by atoms with Gasteiger partial charge in [0.1, 0.15) is 23.2 Å². The Hall–Kier alpha value is -4.18. The summed E-state index contributed by atoms with van der Waals surface area (Å²) >= 11 is 1.16. The first kappa shape index (κ1) is 33.2. The van der Waals surface area contributed by atoms with Crippen LogP contribution in [0.2, 0.25) is 0 Å². The molecule has 1 atom stereocenters. The fraction of sp³-hybridized carbons (Fsp3) is 0.567. The summed E-state index contributed by atoms with van der Waals surface area (Å²) in [6, 6.07) is 6.54. The van der Waals surface area contributed by atoms with Crippen molar-refractivity contribution in [3.8, 4) is 0 Å². The first-order valence-electron chi connectivity index (χ1n) is 15.3. The highest BCUT2D eigenvalue weighted by atomic mass is 32.1. The van der Waals surface area contributed by atoms with Gasteiger partial charge in [0.25, 0.3) is 0 Å². The molecule has 4 heterocycles. The van der Waals surface area contributed by atoms with Crippen molar-refractivity contribution in [3.63, 3.8) is 0 Å². The number of carbonyl (C=O) groups excluding carboxylic acids is 3. The average Bonchev–Trinajstić information content (AvgIpc) is 3.59. The minimum atomic E-state index is -0.592. The number of nitrogens with one attached hydrogen (secondary N) is 1. The van der Waals surface area contributed by atoms with Gasteiger partial charge in [-0.05, 0) is 45.0 Å². The number of hydrogen-bond acceptors (Lipinski definition) is 11. The molecule has 0 unspecified atom stereocenters. The van der Waals surface area contributed by atoms with Gasteiger partial charge in [-0.15, -0.1) is 0 Å². The zero-order valence-corrected chi connectivity index (χ0v) is 27.3. The molecular formula is C30H40FN7O7S. The molecule has 5 rings (SSSR count). The van der Waals surface area contributed by atoms with Crippen molar-refractivity contribution in [2.24, 2.45) is 0 Å². The molecule has 1 aromatic carbocycles. The first-order valence-corrected chi connectivity index (χ1v) is 16.1. The largest absolute Gasteiger partial charge is 0.444 e. The van der Waals surface area contributed by atoms with Gasteiger partial charge in [0.05, 0.1) is 29.4 Å². The molecule has 46 heavy (non-hydrogen) atoms. The Morgan fingerprint density at radius 3 is 2.33 bits per heavy atom. The summed E-state index contributed by atoms with van der Waals surface area (Å²) in [5, 5.41) is 14.6. The molecule has 0 aliphatic carbocycles. The maximum Gasteiger partial charge on any atom is 0.414 e. The van der Waals surface area contributed by atoms with E-state index < -0.39 is 23.6 Å². The monoisotopic (exact) mass is 661 g/mol. The van der Waals surface area contributed by atoms with Crippen LogP contribution >= 0.6 is 11.3 Å². The molecule has 1 aromatic heterocycles. The van der Waals surface area contributed by atoms with Crippen molar-refractivity contribution in [3.05, 3.63) is 45.1 Å². The van der Waals surface area contributed by atoms with Gasteiger partial charge in [-0.25, -0.2) is 14.0 Å². The van der Waals surface area contributed by atoms with E-state index in [0.717, 1.165) is 16.2 Å². The topological polar surface area (TPSA) is 141 Å². The third-order valence-corrected chi connectivity index (χ3v) is 9.03. The Morgan fingerprint density at radius 2 is 1.72 bits per heavy atom. The number of ether oxygens (including phenoxy) is 2. The van der Waals surface area contributed by atoms with Gasteiger partial charge < -0.3 is 29.5 Å². The number of rotatable bonds is 8. The molecule has 0 bridgehead atoms. The van der Waals surface area contributed by atoms with E-state index in [1.54, 1.807) is 17.0 Å². The Morgan fingerprint density at radius 1 is 1.07 bits per heavy atom. The zero-order valence-electron chi connectivity index (χ0n) is 26.5. The average molecular weight is 662 g/mol. The van der Waals surface area contributed by atoms with Crippen LogP contribution in [0.15, 0.2) is 24.3 Å². The molecule has 3 aliphatic heterocycles. The zero-order chi connectivity index (χ0) is 33.2. The molecule has 16 heteroatoms. The fourth-order valence-electron chi connectivity index (χ4n) is 5.70. The summed E-state index contributed by atoms with van der Waals surface area (Å²) in [6.45, 7) is 11.9. The van der Waals surface area contributed by atoms with Crippen molar-refractivity contribution < 1.29 is 33.2 Å². The summed E-state index contributed by atoms with van der Waals surface area (Å²) in [6.07, 6.45) is -1.48. The number of carbonyl (C=O) groups is 3. The van der Waals surface area contributed by atoms with Gasteiger partial charge >= 0.3 is 17.2 Å². The molecule has 0 spiro atoms. The van der Waals surface area contributed by atoms with E-state index >= 15 is 4.39 Å². The number of benzene rings is 1. The van der Waals surface area contributed by atoms with Crippen LogP contribution in [-0.4, -0.2) is 110 Å². The van der Waals surface area contributed by atoms with Crippen molar-refractivity contribution in [2.75, 3.05) is 80.1 Å². The number of hydrogen-bond donors (Lipinski definition) is 1. The predicted molar refractivity (Wildman–Crippen MR) is 171 cm³/mol. The number of halogens is 1. The van der Waals surface area contributed by atoms with Crippen molar-refractivity contribution in [1.82, 2.24) is 15.1 Å². The van der Waals surface area contributed by atoms with E-state index in [1.807, 2.05) is 36.6 Å². The minimum absolute atomic E-state index is 0.0878. The van der Waals surface area contributed by atoms with Crippen LogP contribution in [0.3, 0.4) is 0 Å². The molecular weight excluding hydrogens is 621 g/mol. The Bertz CT molecular complexity index is 1470. The molecule has 3 fully saturated rings. The summed E-state index contributed by atoms with van der Waals surface area (Å²) in [7, 11) is 0. The maximum atomic E-state index is 15.3. The van der Waals surface area contributed by atoms with Crippen molar-refractivity contribution >= 4 is 51.5 Å². The fourth-order valence-corrected chi connectivity index (χ4v) is 6.73. The number of nitro groups is 1. The number of thiophene rings is 1. The lowest BCUT2D eigenvalue weighted by Crippen LogP contribution is -2.50. The number of amides is 3. The quantitative estimate of drug-likeness (QED) is 0.329. The number of cyclic esters (lactones) is 1. The third kappa shape index (κ3) is 7.96. The first-order chi connectivity index (χ1) is 21.8. The van der Waals surface area contributed by atoms with Crippen LogP contribution in [0.25, 0.3) is 0 Å². The van der Waals surface area contributed by atoms with Gasteiger partial charge in [0, 0.05) is 70.7 Å². The molecule has 14 nitrogen and oxygen atoms in total. The lowest BCUT2D eigenvalue weighted by molar-refractivity contribution is -0.379. The van der Waals surface area contributed by atoms with E-state index in [2.05, 4.69) is 10.2 Å². The highest BCUT2D eigenvalue weighted by Gasteiger charge is 2.34.